The molecule has 0 bridgehead atoms. The van der Waals surface area contributed by atoms with E-state index in [1.807, 2.05) is 18.2 Å². The van der Waals surface area contributed by atoms with Crippen molar-refractivity contribution in [3.63, 3.8) is 0 Å². The van der Waals surface area contributed by atoms with E-state index in [1.54, 1.807) is 0 Å². The summed E-state index contributed by atoms with van der Waals surface area (Å²) >= 11 is 0. The van der Waals surface area contributed by atoms with E-state index in [9.17, 15) is 0 Å². The van der Waals surface area contributed by atoms with Gasteiger partial charge in [-0.25, -0.2) is 0 Å². The highest BCUT2D eigenvalue weighted by atomic mass is 16.5. The fraction of sp³-hybridized carbons (Fsp3) is 0.625. The van der Waals surface area contributed by atoms with Crippen molar-refractivity contribution in [3.05, 3.63) is 35.9 Å². The van der Waals surface area contributed by atoms with Crippen LogP contribution in [0.2, 0.25) is 0 Å². The van der Waals surface area contributed by atoms with Crippen LogP contribution < -0.4 is 5.73 Å². The molecule has 2 atom stereocenters. The topological polar surface area (TPSA) is 35.2 Å². The van der Waals surface area contributed by atoms with Crippen LogP contribution in [-0.4, -0.2) is 12.7 Å². The summed E-state index contributed by atoms with van der Waals surface area (Å²) in [5.41, 5.74) is 7.43. The van der Waals surface area contributed by atoms with Crippen molar-refractivity contribution in [2.45, 2.75) is 58.1 Å². The predicted octanol–water partition coefficient (Wildman–Crippen LogP) is 4.06. The third-order valence-corrected chi connectivity index (χ3v) is 3.32. The maximum absolute atomic E-state index is 6.27. The average Bonchev–Trinajstić information content (AvgIpc) is 2.43. The first-order valence-corrected chi connectivity index (χ1v) is 7.21. The zero-order chi connectivity index (χ0) is 13.2. The summed E-state index contributed by atoms with van der Waals surface area (Å²) in [6.45, 7) is 5.19. The molecule has 1 aromatic carbocycles. The molecule has 0 amide bonds. The van der Waals surface area contributed by atoms with E-state index in [0.717, 1.165) is 25.0 Å². The molecule has 0 radical (unpaired) electrons. The maximum Gasteiger partial charge on any atom is 0.0765 e. The van der Waals surface area contributed by atoms with Crippen LogP contribution in [-0.2, 0) is 4.74 Å². The van der Waals surface area contributed by atoms with E-state index in [2.05, 4.69) is 26.0 Å². The normalized spacial score (nSPS) is 14.4. The van der Waals surface area contributed by atoms with Gasteiger partial charge in [0.2, 0.25) is 0 Å². The second kappa shape index (κ2) is 9.12. The molecule has 2 nitrogen and oxygen atoms in total. The molecular weight excluding hydrogens is 222 g/mol. The predicted molar refractivity (Wildman–Crippen MR) is 77.5 cm³/mol. The van der Waals surface area contributed by atoms with Crippen molar-refractivity contribution in [2.75, 3.05) is 6.61 Å². The van der Waals surface area contributed by atoms with Gasteiger partial charge in [0.1, 0.15) is 0 Å². The molecule has 0 saturated heterocycles. The molecule has 2 heteroatoms. The van der Waals surface area contributed by atoms with Gasteiger partial charge in [-0.1, -0.05) is 63.4 Å². The quantitative estimate of drug-likeness (QED) is 0.670. The van der Waals surface area contributed by atoms with Gasteiger partial charge in [0.05, 0.1) is 12.1 Å². The molecule has 0 heterocycles. The second-order valence-electron chi connectivity index (χ2n) is 4.81. The Morgan fingerprint density at radius 3 is 2.39 bits per heavy atom. The van der Waals surface area contributed by atoms with Crippen molar-refractivity contribution in [1.82, 2.24) is 0 Å². The van der Waals surface area contributed by atoms with Crippen LogP contribution in [0.15, 0.2) is 30.3 Å². The van der Waals surface area contributed by atoms with E-state index < -0.39 is 0 Å². The fourth-order valence-corrected chi connectivity index (χ4v) is 2.13. The highest BCUT2D eigenvalue weighted by Gasteiger charge is 2.17. The number of benzene rings is 1. The molecule has 0 aliphatic rings. The Morgan fingerprint density at radius 2 is 1.78 bits per heavy atom. The Labute approximate surface area is 112 Å². The standard InChI is InChI=1S/C16H27NO/c1-3-5-6-10-13-18-15(4-2)16(17)14-11-8-7-9-12-14/h7-9,11-12,15-16H,3-6,10,13,17H2,1-2H3. The molecule has 0 aromatic heterocycles. The number of nitrogens with two attached hydrogens (primary N) is 1. The monoisotopic (exact) mass is 249 g/mol. The van der Waals surface area contributed by atoms with E-state index in [-0.39, 0.29) is 12.1 Å². The van der Waals surface area contributed by atoms with Crippen LogP contribution >= 0.6 is 0 Å². The Balaban J connectivity index is 2.36. The first-order valence-electron chi connectivity index (χ1n) is 7.21. The lowest BCUT2D eigenvalue weighted by Gasteiger charge is -2.23. The van der Waals surface area contributed by atoms with Gasteiger partial charge >= 0.3 is 0 Å². The third kappa shape index (κ3) is 5.19. The van der Waals surface area contributed by atoms with Crippen LogP contribution in [0.25, 0.3) is 0 Å². The van der Waals surface area contributed by atoms with Gasteiger partial charge in [-0.3, -0.25) is 0 Å². The summed E-state index contributed by atoms with van der Waals surface area (Å²) in [6, 6.07) is 10.2. The van der Waals surface area contributed by atoms with Gasteiger partial charge in [0.25, 0.3) is 0 Å². The molecule has 2 N–H and O–H groups in total. The number of hydrogen-bond acceptors (Lipinski definition) is 2. The van der Waals surface area contributed by atoms with Crippen LogP contribution in [0, 0.1) is 0 Å². The summed E-state index contributed by atoms with van der Waals surface area (Å²) in [4.78, 5) is 0. The molecule has 18 heavy (non-hydrogen) atoms. The Bertz CT molecular complexity index is 299. The first-order chi connectivity index (χ1) is 8.79. The van der Waals surface area contributed by atoms with Gasteiger partial charge in [0, 0.05) is 6.61 Å². The number of ether oxygens (including phenoxy) is 1. The smallest absolute Gasteiger partial charge is 0.0765 e. The van der Waals surface area contributed by atoms with Crippen LogP contribution in [0.4, 0.5) is 0 Å². The lowest BCUT2D eigenvalue weighted by Crippen LogP contribution is -2.28. The number of unbranched alkanes of at least 4 members (excludes halogenated alkanes) is 3. The summed E-state index contributed by atoms with van der Waals surface area (Å²) in [7, 11) is 0. The van der Waals surface area contributed by atoms with Gasteiger partial charge in [-0.05, 0) is 18.4 Å². The molecule has 102 valence electrons. The molecule has 0 fully saturated rings. The van der Waals surface area contributed by atoms with Gasteiger partial charge in [-0.15, -0.1) is 0 Å². The van der Waals surface area contributed by atoms with Crippen molar-refractivity contribution in [3.8, 4) is 0 Å². The van der Waals surface area contributed by atoms with Gasteiger partial charge in [-0.2, -0.15) is 0 Å². The molecule has 0 saturated carbocycles. The SMILES string of the molecule is CCCCCCOC(CC)C(N)c1ccccc1. The van der Waals surface area contributed by atoms with Gasteiger partial charge in [0.15, 0.2) is 0 Å². The molecular formula is C16H27NO. The third-order valence-electron chi connectivity index (χ3n) is 3.32. The van der Waals surface area contributed by atoms with Crippen molar-refractivity contribution < 1.29 is 4.74 Å². The molecule has 1 rings (SSSR count). The zero-order valence-corrected chi connectivity index (χ0v) is 11.8. The minimum absolute atomic E-state index is 0.0117. The fourth-order valence-electron chi connectivity index (χ4n) is 2.13. The summed E-state index contributed by atoms with van der Waals surface area (Å²) in [5.74, 6) is 0. The number of rotatable bonds is 9. The van der Waals surface area contributed by atoms with E-state index in [1.165, 1.54) is 19.3 Å². The highest BCUT2D eigenvalue weighted by Crippen LogP contribution is 2.19. The molecule has 2 unspecified atom stereocenters. The summed E-state index contributed by atoms with van der Waals surface area (Å²) in [5, 5.41) is 0. The Kier molecular flexibility index (Phi) is 7.70. The van der Waals surface area contributed by atoms with Crippen molar-refractivity contribution in [2.24, 2.45) is 5.73 Å². The lowest BCUT2D eigenvalue weighted by molar-refractivity contribution is 0.0303. The van der Waals surface area contributed by atoms with Crippen molar-refractivity contribution in [1.29, 1.82) is 0 Å². The minimum atomic E-state index is -0.0117. The maximum atomic E-state index is 6.27. The lowest BCUT2D eigenvalue weighted by atomic mass is 10.0. The van der Waals surface area contributed by atoms with E-state index >= 15 is 0 Å². The Morgan fingerprint density at radius 1 is 1.06 bits per heavy atom. The second-order valence-corrected chi connectivity index (χ2v) is 4.81. The molecule has 0 spiro atoms. The Hall–Kier alpha value is -0.860. The van der Waals surface area contributed by atoms with Crippen molar-refractivity contribution >= 4 is 0 Å². The van der Waals surface area contributed by atoms with Gasteiger partial charge < -0.3 is 10.5 Å². The molecule has 0 aliphatic carbocycles. The minimum Gasteiger partial charge on any atom is -0.376 e. The summed E-state index contributed by atoms with van der Waals surface area (Å²) in [6.07, 6.45) is 6.06. The van der Waals surface area contributed by atoms with Crippen LogP contribution in [0.1, 0.15) is 57.6 Å². The first kappa shape index (κ1) is 15.2. The van der Waals surface area contributed by atoms with E-state index in [0.29, 0.717) is 0 Å². The molecule has 1 aromatic rings. The van der Waals surface area contributed by atoms with E-state index in [4.69, 9.17) is 10.5 Å². The van der Waals surface area contributed by atoms with Crippen LogP contribution in [0.3, 0.4) is 0 Å². The highest BCUT2D eigenvalue weighted by molar-refractivity contribution is 5.19. The molecule has 0 aliphatic heterocycles. The largest absolute Gasteiger partial charge is 0.376 e. The number of hydrogen-bond donors (Lipinski definition) is 1. The van der Waals surface area contributed by atoms with Crippen LogP contribution in [0.5, 0.6) is 0 Å². The average molecular weight is 249 g/mol. The summed E-state index contributed by atoms with van der Waals surface area (Å²) < 4.78 is 5.93. The zero-order valence-electron chi connectivity index (χ0n) is 11.8.